The first-order valence-corrected chi connectivity index (χ1v) is 11.1. The van der Waals surface area contributed by atoms with E-state index in [1.54, 1.807) is 0 Å². The highest BCUT2D eigenvalue weighted by Gasteiger charge is 2.55. The van der Waals surface area contributed by atoms with E-state index in [2.05, 4.69) is 19.9 Å². The highest BCUT2D eigenvalue weighted by molar-refractivity contribution is 5.71. The predicted molar refractivity (Wildman–Crippen MR) is 108 cm³/mol. The SMILES string of the molecule is CCCCC[C@@H](O)CCC1[C@H]2C[C@@H]3Cc4c(cccc4OCC(=O)O2)C[C@]13C. The summed E-state index contributed by atoms with van der Waals surface area (Å²) in [6.07, 6.45) is 8.71. The van der Waals surface area contributed by atoms with Gasteiger partial charge in [-0.25, -0.2) is 4.79 Å². The molecular weight excluding hydrogens is 352 g/mol. The van der Waals surface area contributed by atoms with Crippen molar-refractivity contribution in [2.45, 2.75) is 83.8 Å². The number of hydrogen-bond donors (Lipinski definition) is 1. The van der Waals surface area contributed by atoms with Crippen LogP contribution in [0.2, 0.25) is 0 Å². The number of carbonyl (C=O) groups excluding carboxylic acids is 1. The summed E-state index contributed by atoms with van der Waals surface area (Å²) >= 11 is 0. The van der Waals surface area contributed by atoms with Crippen molar-refractivity contribution in [1.29, 1.82) is 0 Å². The van der Waals surface area contributed by atoms with E-state index >= 15 is 0 Å². The van der Waals surface area contributed by atoms with Gasteiger partial charge < -0.3 is 14.6 Å². The third-order valence-corrected chi connectivity index (χ3v) is 7.58. The molecule has 1 heterocycles. The number of esters is 1. The topological polar surface area (TPSA) is 55.8 Å². The average molecular weight is 387 g/mol. The monoisotopic (exact) mass is 386 g/mol. The van der Waals surface area contributed by atoms with Gasteiger partial charge in [0.25, 0.3) is 0 Å². The van der Waals surface area contributed by atoms with E-state index in [0.717, 1.165) is 50.7 Å². The Kier molecular flexibility index (Phi) is 5.69. The molecule has 4 heteroatoms. The number of aliphatic hydroxyl groups excluding tert-OH is 1. The van der Waals surface area contributed by atoms with Crippen molar-refractivity contribution in [3.8, 4) is 5.75 Å². The molecule has 0 aromatic heterocycles. The van der Waals surface area contributed by atoms with E-state index in [-0.39, 0.29) is 30.2 Å². The standard InChI is InChI=1S/C24H34O4/c1-3-4-5-8-18(25)10-11-20-22-13-17-12-19-16(14-24(17,20)2)7-6-9-21(19)27-15-23(26)28-22/h6-7,9,17-18,20,22,25H,3-5,8,10-15H2,1-2H3/t17-,18+,20?,22+,24-/m0/s1. The molecule has 1 fully saturated rings. The lowest BCUT2D eigenvalue weighted by Crippen LogP contribution is -2.38. The molecular formula is C24H34O4. The molecule has 154 valence electrons. The van der Waals surface area contributed by atoms with Gasteiger partial charge in [0.2, 0.25) is 0 Å². The fraction of sp³-hybridized carbons (Fsp3) is 0.708. The van der Waals surface area contributed by atoms with Gasteiger partial charge in [-0.2, -0.15) is 0 Å². The maximum Gasteiger partial charge on any atom is 0.344 e. The van der Waals surface area contributed by atoms with E-state index in [0.29, 0.717) is 11.8 Å². The van der Waals surface area contributed by atoms with Crippen molar-refractivity contribution >= 4 is 5.97 Å². The number of aliphatic hydroxyl groups is 1. The first-order chi connectivity index (χ1) is 13.5. The number of unbranched alkanes of at least 4 members (excludes halogenated alkanes) is 2. The van der Waals surface area contributed by atoms with Crippen LogP contribution in [0, 0.1) is 17.3 Å². The van der Waals surface area contributed by atoms with E-state index in [9.17, 15) is 9.90 Å². The summed E-state index contributed by atoms with van der Waals surface area (Å²) < 4.78 is 11.7. The van der Waals surface area contributed by atoms with Crippen LogP contribution in [0.1, 0.15) is 69.9 Å². The Balaban J connectivity index is 1.56. The lowest BCUT2D eigenvalue weighted by Gasteiger charge is -2.42. The largest absolute Gasteiger partial charge is 0.482 e. The van der Waals surface area contributed by atoms with Gasteiger partial charge in [-0.05, 0) is 67.1 Å². The maximum atomic E-state index is 12.4. The minimum atomic E-state index is -0.262. The molecule has 0 radical (unpaired) electrons. The zero-order chi connectivity index (χ0) is 19.7. The Morgan fingerprint density at radius 3 is 2.96 bits per heavy atom. The van der Waals surface area contributed by atoms with E-state index in [4.69, 9.17) is 9.47 Å². The predicted octanol–water partition coefficient (Wildman–Crippen LogP) is 4.45. The number of rotatable bonds is 7. The Labute approximate surface area is 168 Å². The van der Waals surface area contributed by atoms with Gasteiger partial charge in [0.1, 0.15) is 11.9 Å². The number of fused-ring (bicyclic) bond motifs is 1. The molecule has 0 amide bonds. The number of hydrogen-bond acceptors (Lipinski definition) is 4. The molecule has 0 saturated heterocycles. The minimum absolute atomic E-state index is 0.0132. The van der Waals surface area contributed by atoms with Crippen molar-refractivity contribution < 1.29 is 19.4 Å². The zero-order valence-electron chi connectivity index (χ0n) is 17.3. The van der Waals surface area contributed by atoms with Crippen LogP contribution >= 0.6 is 0 Å². The van der Waals surface area contributed by atoms with E-state index in [1.165, 1.54) is 24.0 Å². The molecule has 2 aliphatic carbocycles. The Bertz CT molecular complexity index is 715. The summed E-state index contributed by atoms with van der Waals surface area (Å²) in [5, 5.41) is 10.5. The summed E-state index contributed by atoms with van der Waals surface area (Å²) in [7, 11) is 0. The summed E-state index contributed by atoms with van der Waals surface area (Å²) in [5.74, 6) is 1.39. The Hall–Kier alpha value is -1.55. The molecule has 3 bridgehead atoms. The lowest BCUT2D eigenvalue weighted by molar-refractivity contribution is -0.154. The van der Waals surface area contributed by atoms with Crippen LogP contribution in [0.4, 0.5) is 0 Å². The van der Waals surface area contributed by atoms with Gasteiger partial charge in [0.15, 0.2) is 6.61 Å². The quantitative estimate of drug-likeness (QED) is 0.555. The molecule has 5 atom stereocenters. The van der Waals surface area contributed by atoms with Crippen molar-refractivity contribution in [2.24, 2.45) is 17.3 Å². The third kappa shape index (κ3) is 3.68. The van der Waals surface area contributed by atoms with E-state index in [1.807, 2.05) is 12.1 Å². The molecule has 1 saturated carbocycles. The van der Waals surface area contributed by atoms with Gasteiger partial charge in [-0.3, -0.25) is 0 Å². The van der Waals surface area contributed by atoms with Crippen LogP contribution in [0.25, 0.3) is 0 Å². The molecule has 1 aromatic carbocycles. The van der Waals surface area contributed by atoms with Crippen LogP contribution in [0.5, 0.6) is 5.75 Å². The molecule has 4 rings (SSSR count). The van der Waals surface area contributed by atoms with Crippen molar-refractivity contribution in [3.05, 3.63) is 29.3 Å². The third-order valence-electron chi connectivity index (χ3n) is 7.58. The van der Waals surface area contributed by atoms with Crippen LogP contribution < -0.4 is 4.74 Å². The second-order valence-electron chi connectivity index (χ2n) is 9.36. The minimum Gasteiger partial charge on any atom is -0.482 e. The average Bonchev–Trinajstić information content (AvgIpc) is 2.92. The van der Waals surface area contributed by atoms with Gasteiger partial charge in [0, 0.05) is 5.92 Å². The maximum absolute atomic E-state index is 12.4. The van der Waals surface area contributed by atoms with Crippen molar-refractivity contribution in [2.75, 3.05) is 6.61 Å². The highest BCUT2D eigenvalue weighted by atomic mass is 16.6. The Morgan fingerprint density at radius 1 is 1.29 bits per heavy atom. The van der Waals surface area contributed by atoms with Gasteiger partial charge in [-0.1, -0.05) is 45.2 Å². The van der Waals surface area contributed by atoms with Crippen LogP contribution in [0.3, 0.4) is 0 Å². The van der Waals surface area contributed by atoms with Crippen LogP contribution in [-0.4, -0.2) is 29.9 Å². The molecule has 1 aromatic rings. The van der Waals surface area contributed by atoms with Crippen LogP contribution in [0.15, 0.2) is 18.2 Å². The second-order valence-corrected chi connectivity index (χ2v) is 9.36. The van der Waals surface area contributed by atoms with Crippen molar-refractivity contribution in [3.63, 3.8) is 0 Å². The molecule has 1 N–H and O–H groups in total. The number of carbonyl (C=O) groups is 1. The van der Waals surface area contributed by atoms with Crippen molar-refractivity contribution in [1.82, 2.24) is 0 Å². The molecule has 0 spiro atoms. The summed E-state index contributed by atoms with van der Waals surface area (Å²) in [5.41, 5.74) is 2.77. The fourth-order valence-electron chi connectivity index (χ4n) is 5.97. The fourth-order valence-corrected chi connectivity index (χ4v) is 5.97. The summed E-state index contributed by atoms with van der Waals surface area (Å²) in [6.45, 7) is 4.56. The number of benzene rings is 1. The van der Waals surface area contributed by atoms with E-state index < -0.39 is 0 Å². The normalized spacial score (nSPS) is 32.0. The highest BCUT2D eigenvalue weighted by Crippen LogP contribution is 2.57. The zero-order valence-corrected chi connectivity index (χ0v) is 17.3. The number of ether oxygens (including phenoxy) is 2. The summed E-state index contributed by atoms with van der Waals surface area (Å²) in [4.78, 5) is 12.4. The lowest BCUT2D eigenvalue weighted by atomic mass is 9.62. The summed E-state index contributed by atoms with van der Waals surface area (Å²) in [6, 6.07) is 6.24. The molecule has 1 unspecified atom stereocenters. The molecule has 3 aliphatic rings. The smallest absolute Gasteiger partial charge is 0.344 e. The molecule has 1 aliphatic heterocycles. The first-order valence-electron chi connectivity index (χ1n) is 11.1. The molecule has 28 heavy (non-hydrogen) atoms. The van der Waals surface area contributed by atoms with Gasteiger partial charge in [0.05, 0.1) is 6.10 Å². The van der Waals surface area contributed by atoms with Gasteiger partial charge in [-0.15, -0.1) is 0 Å². The Morgan fingerprint density at radius 2 is 2.14 bits per heavy atom. The van der Waals surface area contributed by atoms with Crippen LogP contribution in [-0.2, 0) is 22.4 Å². The first kappa shape index (κ1) is 19.8. The molecule has 4 nitrogen and oxygen atoms in total. The second kappa shape index (κ2) is 8.06. The van der Waals surface area contributed by atoms with Gasteiger partial charge >= 0.3 is 5.97 Å².